The summed E-state index contributed by atoms with van der Waals surface area (Å²) < 4.78 is 1.81. The van der Waals surface area contributed by atoms with Gasteiger partial charge in [-0.2, -0.15) is 0 Å². The van der Waals surface area contributed by atoms with E-state index in [4.69, 9.17) is 5.11 Å². The second kappa shape index (κ2) is 10.0. The van der Waals surface area contributed by atoms with Gasteiger partial charge in [-0.3, -0.25) is 19.7 Å². The van der Waals surface area contributed by atoms with Crippen LogP contribution in [0.3, 0.4) is 0 Å². The van der Waals surface area contributed by atoms with E-state index in [0.717, 1.165) is 61.1 Å². The predicted octanol–water partition coefficient (Wildman–Crippen LogP) is 3.89. The molecule has 1 aliphatic rings. The fourth-order valence-corrected chi connectivity index (χ4v) is 4.58. The summed E-state index contributed by atoms with van der Waals surface area (Å²) in [5, 5.41) is 11.9. The van der Waals surface area contributed by atoms with Crippen molar-refractivity contribution in [1.82, 2.24) is 9.55 Å². The van der Waals surface area contributed by atoms with Crippen LogP contribution in [0.25, 0.3) is 0 Å². The van der Waals surface area contributed by atoms with E-state index in [0.29, 0.717) is 22.5 Å². The van der Waals surface area contributed by atoms with E-state index in [9.17, 15) is 14.4 Å². The van der Waals surface area contributed by atoms with Crippen LogP contribution in [0.4, 0.5) is 5.13 Å². The Morgan fingerprint density at radius 1 is 1.23 bits per heavy atom. The monoisotopic (exact) mass is 431 g/mol. The first kappa shape index (κ1) is 22.2. The van der Waals surface area contributed by atoms with E-state index < -0.39 is 11.9 Å². The lowest BCUT2D eigenvalue weighted by Crippen LogP contribution is -2.33. The summed E-state index contributed by atoms with van der Waals surface area (Å²) >= 11 is 1.11. The molecule has 0 aromatic carbocycles. The number of nitrogens with one attached hydrogen (secondary N) is 1. The van der Waals surface area contributed by atoms with Crippen molar-refractivity contribution in [3.05, 3.63) is 44.3 Å². The van der Waals surface area contributed by atoms with E-state index in [1.165, 1.54) is 12.6 Å². The number of pyridine rings is 1. The van der Waals surface area contributed by atoms with Crippen LogP contribution in [0.15, 0.2) is 17.1 Å². The number of carboxylic acids is 1. The van der Waals surface area contributed by atoms with E-state index >= 15 is 0 Å². The van der Waals surface area contributed by atoms with Gasteiger partial charge in [0, 0.05) is 23.3 Å². The second-order valence-electron chi connectivity index (χ2n) is 8.24. The van der Waals surface area contributed by atoms with Gasteiger partial charge in [0.25, 0.3) is 11.5 Å². The minimum Gasteiger partial charge on any atom is -0.481 e. The molecule has 0 bridgehead atoms. The molecule has 0 atom stereocenters. The summed E-state index contributed by atoms with van der Waals surface area (Å²) in [6, 6.07) is 1.76. The fourth-order valence-electron chi connectivity index (χ4n) is 3.78. The fraction of sp³-hybridized carbons (Fsp3) is 0.545. The van der Waals surface area contributed by atoms with Gasteiger partial charge in [-0.05, 0) is 49.7 Å². The minimum atomic E-state index is -0.953. The first-order valence-electron chi connectivity index (χ1n) is 10.6. The van der Waals surface area contributed by atoms with Crippen molar-refractivity contribution >= 4 is 28.3 Å². The van der Waals surface area contributed by atoms with Gasteiger partial charge >= 0.3 is 5.97 Å². The zero-order valence-electron chi connectivity index (χ0n) is 17.6. The Hall–Kier alpha value is -2.48. The average Bonchev–Trinajstić information content (AvgIpc) is 3.07. The van der Waals surface area contributed by atoms with Crippen LogP contribution in [-0.2, 0) is 30.6 Å². The summed E-state index contributed by atoms with van der Waals surface area (Å²) in [6.07, 6.45) is 8.37. The molecule has 30 heavy (non-hydrogen) atoms. The number of thiazole rings is 1. The highest BCUT2D eigenvalue weighted by Gasteiger charge is 2.21. The lowest BCUT2D eigenvalue weighted by Gasteiger charge is -2.21. The molecule has 0 spiro atoms. The van der Waals surface area contributed by atoms with Crippen LogP contribution < -0.4 is 10.9 Å². The van der Waals surface area contributed by atoms with Gasteiger partial charge in [-0.1, -0.05) is 26.7 Å². The zero-order valence-corrected chi connectivity index (χ0v) is 18.4. The van der Waals surface area contributed by atoms with Gasteiger partial charge in [0.2, 0.25) is 0 Å². The molecule has 0 saturated heterocycles. The molecule has 2 heterocycles. The largest absolute Gasteiger partial charge is 0.481 e. The number of hydrogen-bond acceptors (Lipinski definition) is 5. The van der Waals surface area contributed by atoms with Crippen LogP contribution in [-0.4, -0.2) is 26.5 Å². The standard InChI is InChI=1S/C22H29N3O4S/c1-14(2)9-10-25-18-8-6-4-3-5-7-15(18)11-17(21(25)29)20(28)24-22-23-13-16(30-22)12-19(26)27/h11,13-14H,3-10,12H2,1-2H3,(H,26,27)(H,23,24,28). The van der Waals surface area contributed by atoms with Gasteiger partial charge in [0.1, 0.15) is 5.56 Å². The molecular formula is C22H29N3O4S. The molecule has 0 fully saturated rings. The maximum atomic E-state index is 13.2. The highest BCUT2D eigenvalue weighted by atomic mass is 32.1. The van der Waals surface area contributed by atoms with Crippen LogP contribution >= 0.6 is 11.3 Å². The van der Waals surface area contributed by atoms with E-state index in [1.54, 1.807) is 6.07 Å². The van der Waals surface area contributed by atoms with Crippen molar-refractivity contribution in [3.8, 4) is 0 Å². The Kier molecular flexibility index (Phi) is 7.42. The molecular weight excluding hydrogens is 402 g/mol. The number of hydrogen-bond donors (Lipinski definition) is 2. The molecule has 1 amide bonds. The summed E-state index contributed by atoms with van der Waals surface area (Å²) in [6.45, 7) is 4.87. The lowest BCUT2D eigenvalue weighted by molar-refractivity contribution is -0.136. The Balaban J connectivity index is 1.92. The summed E-state index contributed by atoms with van der Waals surface area (Å²) in [5.74, 6) is -0.979. The Labute approximate surface area is 180 Å². The third-order valence-corrected chi connectivity index (χ3v) is 6.29. The molecule has 2 aromatic heterocycles. The molecule has 0 saturated carbocycles. The molecule has 0 unspecified atom stereocenters. The Morgan fingerprint density at radius 2 is 1.97 bits per heavy atom. The maximum Gasteiger partial charge on any atom is 0.308 e. The number of carbonyl (C=O) groups is 2. The average molecular weight is 432 g/mol. The molecule has 1 aliphatic carbocycles. The lowest BCUT2D eigenvalue weighted by atomic mass is 9.95. The van der Waals surface area contributed by atoms with Crippen LogP contribution in [0.2, 0.25) is 0 Å². The molecule has 8 heteroatoms. The number of nitrogens with zero attached hydrogens (tertiary/aromatic N) is 2. The summed E-state index contributed by atoms with van der Waals surface area (Å²) in [5.41, 5.74) is 2.05. The number of amides is 1. The highest BCUT2D eigenvalue weighted by Crippen LogP contribution is 2.22. The number of anilines is 1. The first-order valence-corrected chi connectivity index (χ1v) is 11.4. The normalized spacial score (nSPS) is 14.1. The number of fused-ring (bicyclic) bond motifs is 1. The van der Waals surface area contributed by atoms with Gasteiger partial charge in [-0.25, -0.2) is 4.98 Å². The van der Waals surface area contributed by atoms with Gasteiger partial charge < -0.3 is 9.67 Å². The molecule has 0 aliphatic heterocycles. The van der Waals surface area contributed by atoms with Crippen molar-refractivity contribution in [1.29, 1.82) is 0 Å². The van der Waals surface area contributed by atoms with Crippen molar-refractivity contribution in [3.63, 3.8) is 0 Å². The summed E-state index contributed by atoms with van der Waals surface area (Å²) in [4.78, 5) is 41.6. The maximum absolute atomic E-state index is 13.2. The molecule has 2 N–H and O–H groups in total. The predicted molar refractivity (Wildman–Crippen MR) is 117 cm³/mol. The van der Waals surface area contributed by atoms with Gasteiger partial charge in [0.05, 0.1) is 6.42 Å². The van der Waals surface area contributed by atoms with E-state index in [1.807, 2.05) is 4.57 Å². The molecule has 2 aromatic rings. The van der Waals surface area contributed by atoms with Crippen LogP contribution in [0.5, 0.6) is 0 Å². The minimum absolute atomic E-state index is 0.132. The highest BCUT2D eigenvalue weighted by molar-refractivity contribution is 7.15. The number of carboxylic acid groups (broad SMARTS) is 1. The number of rotatable bonds is 7. The molecule has 0 radical (unpaired) electrons. The topological polar surface area (TPSA) is 101 Å². The number of aromatic nitrogens is 2. The third kappa shape index (κ3) is 5.56. The summed E-state index contributed by atoms with van der Waals surface area (Å²) in [7, 11) is 0. The van der Waals surface area contributed by atoms with Crippen molar-refractivity contribution in [2.24, 2.45) is 5.92 Å². The van der Waals surface area contributed by atoms with Crippen LogP contribution in [0, 0.1) is 5.92 Å². The van der Waals surface area contributed by atoms with E-state index in [-0.39, 0.29) is 17.5 Å². The molecule has 162 valence electrons. The van der Waals surface area contributed by atoms with Gasteiger partial charge in [-0.15, -0.1) is 11.3 Å². The molecule has 3 rings (SSSR count). The number of aliphatic carboxylic acids is 1. The smallest absolute Gasteiger partial charge is 0.308 e. The Bertz CT molecular complexity index is 977. The Morgan fingerprint density at radius 3 is 2.67 bits per heavy atom. The first-order chi connectivity index (χ1) is 14.3. The number of carbonyl (C=O) groups excluding carboxylic acids is 1. The SMILES string of the molecule is CC(C)CCn1c2c(cc(C(=O)Nc3ncc(CC(=O)O)s3)c1=O)CCCCCC2. The van der Waals surface area contributed by atoms with Crippen molar-refractivity contribution in [2.75, 3.05) is 5.32 Å². The van der Waals surface area contributed by atoms with E-state index in [2.05, 4.69) is 24.1 Å². The quantitative estimate of drug-likeness (QED) is 0.693. The third-order valence-electron chi connectivity index (χ3n) is 5.37. The zero-order chi connectivity index (χ0) is 21.7. The molecule has 7 nitrogen and oxygen atoms in total. The number of aryl methyl sites for hydroxylation is 1. The van der Waals surface area contributed by atoms with Crippen LogP contribution in [0.1, 0.15) is 72.4 Å². The van der Waals surface area contributed by atoms with Crippen molar-refractivity contribution < 1.29 is 14.7 Å². The van der Waals surface area contributed by atoms with Gasteiger partial charge in [0.15, 0.2) is 5.13 Å². The van der Waals surface area contributed by atoms with Crippen molar-refractivity contribution in [2.45, 2.75) is 71.8 Å². The second-order valence-corrected chi connectivity index (χ2v) is 9.36.